The average Bonchev–Trinajstić information content (AvgIpc) is 2.84. The second kappa shape index (κ2) is 3.98. The number of fused-ring (bicyclic) bond motifs is 1. The van der Waals surface area contributed by atoms with Crippen molar-refractivity contribution in [3.05, 3.63) is 23.9 Å². The van der Waals surface area contributed by atoms with Crippen LogP contribution >= 0.6 is 0 Å². The van der Waals surface area contributed by atoms with Gasteiger partial charge in [0.25, 0.3) is 0 Å². The Morgan fingerprint density at radius 2 is 2.06 bits per heavy atom. The first-order valence-corrected chi connectivity index (χ1v) is 6.56. The number of hydrogen-bond acceptors (Lipinski definition) is 3. The Morgan fingerprint density at radius 1 is 1.35 bits per heavy atom. The van der Waals surface area contributed by atoms with E-state index in [4.69, 9.17) is 0 Å². The lowest BCUT2D eigenvalue weighted by molar-refractivity contribution is 0.314. The molecule has 0 N–H and O–H groups in total. The van der Waals surface area contributed by atoms with Crippen LogP contribution in [0.1, 0.15) is 18.4 Å². The zero-order valence-corrected chi connectivity index (χ0v) is 10.9. The van der Waals surface area contributed by atoms with E-state index in [2.05, 4.69) is 47.9 Å². The summed E-state index contributed by atoms with van der Waals surface area (Å²) in [5.41, 5.74) is 1.49. The minimum atomic E-state index is 0.805. The summed E-state index contributed by atoms with van der Waals surface area (Å²) in [7, 11) is 4.11. The maximum Gasteiger partial charge on any atom is 0.128 e. The topological polar surface area (TPSA) is 19.4 Å². The third-order valence-corrected chi connectivity index (χ3v) is 4.33. The van der Waals surface area contributed by atoms with Crippen molar-refractivity contribution >= 4 is 5.82 Å². The maximum absolute atomic E-state index is 4.39. The Bertz CT molecular complexity index is 404. The molecule has 3 rings (SSSR count). The van der Waals surface area contributed by atoms with E-state index in [9.17, 15) is 0 Å². The Kier molecular flexibility index (Phi) is 2.58. The predicted octanol–water partition coefficient (Wildman–Crippen LogP) is 1.81. The number of anilines is 1. The second-order valence-corrected chi connectivity index (χ2v) is 5.55. The Balaban J connectivity index is 1.74. The van der Waals surface area contributed by atoms with Crippen LogP contribution in [0, 0.1) is 11.8 Å². The van der Waals surface area contributed by atoms with Crippen molar-refractivity contribution in [2.75, 3.05) is 38.6 Å². The van der Waals surface area contributed by atoms with Gasteiger partial charge in [0.05, 0.1) is 0 Å². The number of aromatic nitrogens is 1. The van der Waals surface area contributed by atoms with E-state index < -0.39 is 0 Å². The molecule has 1 saturated heterocycles. The molecule has 2 atom stereocenters. The van der Waals surface area contributed by atoms with Gasteiger partial charge in [0.1, 0.15) is 5.82 Å². The van der Waals surface area contributed by atoms with Gasteiger partial charge in [-0.3, -0.25) is 0 Å². The molecule has 0 amide bonds. The molecule has 2 unspecified atom stereocenters. The van der Waals surface area contributed by atoms with E-state index in [0.717, 1.165) is 23.6 Å². The number of rotatable bonds is 3. The zero-order valence-electron chi connectivity index (χ0n) is 10.9. The van der Waals surface area contributed by atoms with Gasteiger partial charge in [0.15, 0.2) is 0 Å². The van der Waals surface area contributed by atoms with Crippen molar-refractivity contribution in [2.24, 2.45) is 11.8 Å². The lowest BCUT2D eigenvalue weighted by atomic mass is 10.1. The number of hydrogen-bond donors (Lipinski definition) is 0. The molecule has 3 heteroatoms. The standard InChI is InChI=1S/C14H21N3/c1-4-17-8-11-12(9-17)14(11)10-5-6-15-13(7-10)16(2)3/h5-7,11-12,14H,4,8-9H2,1-3H3. The molecule has 2 heterocycles. The maximum atomic E-state index is 4.39. The van der Waals surface area contributed by atoms with Crippen LogP contribution in [-0.4, -0.2) is 43.6 Å². The van der Waals surface area contributed by atoms with E-state index >= 15 is 0 Å². The van der Waals surface area contributed by atoms with Crippen LogP contribution in [0.4, 0.5) is 5.82 Å². The van der Waals surface area contributed by atoms with Gasteiger partial charge in [0.2, 0.25) is 0 Å². The molecule has 1 saturated carbocycles. The molecule has 1 aromatic rings. The SMILES string of the molecule is CCN1CC2C(C1)C2c1ccnc(N(C)C)c1. The molecule has 1 aliphatic carbocycles. The highest BCUT2D eigenvalue weighted by Crippen LogP contribution is 2.58. The van der Waals surface area contributed by atoms with Crippen molar-refractivity contribution in [1.29, 1.82) is 0 Å². The summed E-state index contributed by atoms with van der Waals surface area (Å²) in [5.74, 6) is 3.71. The molecule has 92 valence electrons. The molecule has 1 aromatic heterocycles. The highest BCUT2D eigenvalue weighted by Gasteiger charge is 2.55. The van der Waals surface area contributed by atoms with E-state index in [-0.39, 0.29) is 0 Å². The molecule has 0 bridgehead atoms. The van der Waals surface area contributed by atoms with Gasteiger partial charge in [-0.1, -0.05) is 6.92 Å². The molecule has 0 radical (unpaired) electrons. The molecule has 17 heavy (non-hydrogen) atoms. The van der Waals surface area contributed by atoms with Crippen molar-refractivity contribution in [3.63, 3.8) is 0 Å². The number of pyridine rings is 1. The molecular weight excluding hydrogens is 210 g/mol. The first-order chi connectivity index (χ1) is 8.20. The van der Waals surface area contributed by atoms with Crippen LogP contribution in [0.3, 0.4) is 0 Å². The monoisotopic (exact) mass is 231 g/mol. The minimum absolute atomic E-state index is 0.805. The van der Waals surface area contributed by atoms with Gasteiger partial charge < -0.3 is 9.80 Å². The van der Waals surface area contributed by atoms with Crippen molar-refractivity contribution < 1.29 is 0 Å². The number of piperidine rings is 1. The Hall–Kier alpha value is -1.09. The van der Waals surface area contributed by atoms with E-state index in [1.807, 2.05) is 6.20 Å². The molecule has 3 nitrogen and oxygen atoms in total. The summed E-state index contributed by atoms with van der Waals surface area (Å²) < 4.78 is 0. The van der Waals surface area contributed by atoms with Crippen LogP contribution in [-0.2, 0) is 0 Å². The molecule has 2 fully saturated rings. The normalized spacial score (nSPS) is 31.4. The summed E-state index contributed by atoms with van der Waals surface area (Å²) in [6.45, 7) is 6.06. The molecule has 0 aromatic carbocycles. The first-order valence-electron chi connectivity index (χ1n) is 6.56. The van der Waals surface area contributed by atoms with E-state index in [0.29, 0.717) is 0 Å². The number of nitrogens with zero attached hydrogens (tertiary/aromatic N) is 3. The first kappa shape index (κ1) is 11.0. The van der Waals surface area contributed by atoms with Crippen LogP contribution in [0.5, 0.6) is 0 Å². The van der Waals surface area contributed by atoms with Gasteiger partial charge in [0, 0.05) is 33.4 Å². The van der Waals surface area contributed by atoms with Crippen LogP contribution in [0.25, 0.3) is 0 Å². The Labute approximate surface area is 103 Å². The lowest BCUT2D eigenvalue weighted by Gasteiger charge is -2.17. The summed E-state index contributed by atoms with van der Waals surface area (Å²) in [5, 5.41) is 0. The molecule has 0 spiro atoms. The molecular formula is C14H21N3. The smallest absolute Gasteiger partial charge is 0.128 e. The predicted molar refractivity (Wildman–Crippen MR) is 70.4 cm³/mol. The second-order valence-electron chi connectivity index (χ2n) is 5.55. The summed E-state index contributed by atoms with van der Waals surface area (Å²) in [6.07, 6.45) is 1.95. The summed E-state index contributed by atoms with van der Waals surface area (Å²) in [4.78, 5) is 9.04. The third-order valence-electron chi connectivity index (χ3n) is 4.33. The van der Waals surface area contributed by atoms with Crippen molar-refractivity contribution in [1.82, 2.24) is 9.88 Å². The van der Waals surface area contributed by atoms with Gasteiger partial charge in [-0.15, -0.1) is 0 Å². The fourth-order valence-corrected chi connectivity index (χ4v) is 3.25. The van der Waals surface area contributed by atoms with Crippen LogP contribution in [0.15, 0.2) is 18.3 Å². The van der Waals surface area contributed by atoms with Crippen molar-refractivity contribution in [2.45, 2.75) is 12.8 Å². The van der Waals surface area contributed by atoms with E-state index in [1.165, 1.54) is 25.2 Å². The molecule has 2 aliphatic rings. The largest absolute Gasteiger partial charge is 0.363 e. The Morgan fingerprint density at radius 3 is 2.65 bits per heavy atom. The quantitative estimate of drug-likeness (QED) is 0.791. The highest BCUT2D eigenvalue weighted by molar-refractivity contribution is 5.43. The van der Waals surface area contributed by atoms with Crippen LogP contribution < -0.4 is 4.90 Å². The lowest BCUT2D eigenvalue weighted by Crippen LogP contribution is -2.23. The number of likely N-dealkylation sites (tertiary alicyclic amines) is 1. The molecule has 1 aliphatic heterocycles. The van der Waals surface area contributed by atoms with E-state index in [1.54, 1.807) is 0 Å². The van der Waals surface area contributed by atoms with Crippen LogP contribution in [0.2, 0.25) is 0 Å². The fraction of sp³-hybridized carbons (Fsp3) is 0.643. The van der Waals surface area contributed by atoms with Crippen molar-refractivity contribution in [3.8, 4) is 0 Å². The fourth-order valence-electron chi connectivity index (χ4n) is 3.25. The van der Waals surface area contributed by atoms with Gasteiger partial charge in [-0.2, -0.15) is 0 Å². The van der Waals surface area contributed by atoms with Gasteiger partial charge in [-0.25, -0.2) is 4.98 Å². The zero-order chi connectivity index (χ0) is 12.0. The summed E-state index contributed by atoms with van der Waals surface area (Å²) in [6, 6.07) is 4.46. The highest BCUT2D eigenvalue weighted by atomic mass is 15.2. The van der Waals surface area contributed by atoms with Gasteiger partial charge in [-0.05, 0) is 42.0 Å². The minimum Gasteiger partial charge on any atom is -0.363 e. The average molecular weight is 231 g/mol. The summed E-state index contributed by atoms with van der Waals surface area (Å²) >= 11 is 0. The van der Waals surface area contributed by atoms with Gasteiger partial charge >= 0.3 is 0 Å². The third kappa shape index (κ3) is 1.82.